The van der Waals surface area contributed by atoms with Gasteiger partial charge in [-0.05, 0) is 25.7 Å². The van der Waals surface area contributed by atoms with E-state index in [2.05, 4.69) is 6.92 Å². The largest absolute Gasteiger partial charge is 1.00 e. The van der Waals surface area contributed by atoms with Crippen molar-refractivity contribution in [1.29, 1.82) is 0 Å². The fraction of sp³-hybridized carbons (Fsp3) is 1.00. The number of hydrogen-bond acceptors (Lipinski definition) is 4. The summed E-state index contributed by atoms with van der Waals surface area (Å²) in [7, 11) is -4.20. The van der Waals surface area contributed by atoms with E-state index in [-0.39, 0.29) is 36.2 Å². The van der Waals surface area contributed by atoms with Gasteiger partial charge in [0.2, 0.25) is 0 Å². The molecule has 1 unspecified atom stereocenters. The van der Waals surface area contributed by atoms with Crippen LogP contribution in [0.3, 0.4) is 0 Å². The fourth-order valence-corrected chi connectivity index (χ4v) is 4.75. The van der Waals surface area contributed by atoms with Crippen LogP contribution in [-0.4, -0.2) is 29.9 Å². The van der Waals surface area contributed by atoms with Gasteiger partial charge >= 0.3 is 29.6 Å². The van der Waals surface area contributed by atoms with E-state index in [4.69, 9.17) is 5.11 Å². The van der Waals surface area contributed by atoms with Crippen molar-refractivity contribution in [3.8, 4) is 0 Å². The maximum absolute atomic E-state index is 11.3. The molecule has 4 nitrogen and oxygen atoms in total. The van der Waals surface area contributed by atoms with Crippen molar-refractivity contribution in [2.24, 2.45) is 0 Å². The molecule has 1 N–H and O–H groups in total. The fourth-order valence-electron chi connectivity index (χ4n) is 3.84. The van der Waals surface area contributed by atoms with E-state index in [9.17, 15) is 13.0 Å². The Labute approximate surface area is 204 Å². The van der Waals surface area contributed by atoms with E-state index in [1.807, 2.05) is 0 Å². The third kappa shape index (κ3) is 23.4. The Morgan fingerprint density at radius 2 is 0.931 bits per heavy atom. The van der Waals surface area contributed by atoms with Gasteiger partial charge in [0.15, 0.2) is 0 Å². The molecule has 0 aromatic rings. The Morgan fingerprint density at radius 1 is 0.621 bits per heavy atom. The summed E-state index contributed by atoms with van der Waals surface area (Å²) in [5, 5.41) is 8.02. The van der Waals surface area contributed by atoms with Gasteiger partial charge < -0.3 is 9.66 Å². The topological polar surface area (TPSA) is 77.4 Å². The van der Waals surface area contributed by atoms with Crippen LogP contribution in [0.25, 0.3) is 0 Å². The first kappa shape index (κ1) is 32.1. The van der Waals surface area contributed by atoms with Crippen molar-refractivity contribution >= 4 is 10.1 Å². The molecule has 0 aromatic carbocycles. The van der Waals surface area contributed by atoms with E-state index in [1.165, 1.54) is 83.5 Å². The first-order chi connectivity index (χ1) is 13.5. The third-order valence-electron chi connectivity index (χ3n) is 5.72. The van der Waals surface area contributed by atoms with E-state index >= 15 is 0 Å². The second-order valence-electron chi connectivity index (χ2n) is 8.43. The first-order valence-electron chi connectivity index (χ1n) is 12.1. The van der Waals surface area contributed by atoms with Crippen LogP contribution in [0.1, 0.15) is 135 Å². The molecule has 0 radical (unpaired) electrons. The SMILES string of the molecule is CCCCCCCCCCCCCCCCCCC(CCCCO)S(=O)(=O)[O-].[Na+]. The molecule has 29 heavy (non-hydrogen) atoms. The molecule has 0 fully saturated rings. The quantitative estimate of drug-likeness (QED) is 0.157. The maximum atomic E-state index is 11.3. The molecule has 0 aliphatic rings. The molecule has 0 rings (SSSR count). The molecular formula is C23H47NaO4S. The summed E-state index contributed by atoms with van der Waals surface area (Å²) < 4.78 is 33.9. The number of hydrogen-bond donors (Lipinski definition) is 1. The van der Waals surface area contributed by atoms with Crippen LogP contribution < -0.4 is 29.6 Å². The molecular weight excluding hydrogens is 395 g/mol. The second kappa shape index (κ2) is 23.5. The van der Waals surface area contributed by atoms with E-state index in [0.717, 1.165) is 19.3 Å². The Balaban J connectivity index is 0. The average Bonchev–Trinajstić information content (AvgIpc) is 2.65. The van der Waals surface area contributed by atoms with Gasteiger partial charge in [0, 0.05) is 11.9 Å². The minimum absolute atomic E-state index is 0. The van der Waals surface area contributed by atoms with Gasteiger partial charge in [-0.3, -0.25) is 0 Å². The summed E-state index contributed by atoms with van der Waals surface area (Å²) in [5.41, 5.74) is 0. The van der Waals surface area contributed by atoms with Crippen LogP contribution in [0, 0.1) is 0 Å². The molecule has 1 atom stereocenters. The maximum Gasteiger partial charge on any atom is 1.00 e. The molecule has 0 aliphatic heterocycles. The normalized spacial score (nSPS) is 12.7. The molecule has 0 bridgehead atoms. The van der Waals surface area contributed by atoms with E-state index in [0.29, 0.717) is 25.7 Å². The van der Waals surface area contributed by atoms with Crippen molar-refractivity contribution < 1.29 is 47.6 Å². The van der Waals surface area contributed by atoms with Crippen LogP contribution in [0.4, 0.5) is 0 Å². The van der Waals surface area contributed by atoms with E-state index < -0.39 is 15.4 Å². The smallest absolute Gasteiger partial charge is 0.748 e. The van der Waals surface area contributed by atoms with Crippen molar-refractivity contribution in [1.82, 2.24) is 0 Å². The first-order valence-corrected chi connectivity index (χ1v) is 13.5. The predicted molar refractivity (Wildman–Crippen MR) is 119 cm³/mol. The summed E-state index contributed by atoms with van der Waals surface area (Å²) >= 11 is 0. The van der Waals surface area contributed by atoms with Crippen LogP contribution >= 0.6 is 0 Å². The van der Waals surface area contributed by atoms with Crippen LogP contribution in [-0.2, 0) is 10.1 Å². The van der Waals surface area contributed by atoms with Crippen molar-refractivity contribution in [3.05, 3.63) is 0 Å². The summed E-state index contributed by atoms with van der Waals surface area (Å²) in [6.45, 7) is 2.32. The molecule has 0 aliphatic carbocycles. The molecule has 0 spiro atoms. The Bertz CT molecular complexity index is 415. The molecule has 0 saturated carbocycles. The van der Waals surface area contributed by atoms with Gasteiger partial charge in [-0.15, -0.1) is 0 Å². The van der Waals surface area contributed by atoms with Gasteiger partial charge in [0.1, 0.15) is 0 Å². The van der Waals surface area contributed by atoms with E-state index in [1.54, 1.807) is 0 Å². The summed E-state index contributed by atoms with van der Waals surface area (Å²) in [6, 6.07) is 0. The van der Waals surface area contributed by atoms with Crippen molar-refractivity contribution in [2.45, 2.75) is 141 Å². The zero-order valence-corrected chi connectivity index (χ0v) is 22.3. The van der Waals surface area contributed by atoms with Gasteiger partial charge in [0.25, 0.3) is 0 Å². The Hall–Kier alpha value is 0.870. The van der Waals surface area contributed by atoms with Gasteiger partial charge in [-0.1, -0.05) is 110 Å². The molecule has 6 heteroatoms. The molecule has 0 saturated heterocycles. The molecule has 0 amide bonds. The minimum atomic E-state index is -4.20. The molecule has 170 valence electrons. The zero-order chi connectivity index (χ0) is 20.9. The predicted octanol–water partition coefficient (Wildman–Crippen LogP) is 3.72. The van der Waals surface area contributed by atoms with Crippen LogP contribution in [0.5, 0.6) is 0 Å². The third-order valence-corrected chi connectivity index (χ3v) is 7.01. The number of aliphatic hydroxyl groups is 1. The average molecular weight is 443 g/mol. The van der Waals surface area contributed by atoms with Crippen LogP contribution in [0.2, 0.25) is 0 Å². The Kier molecular flexibility index (Phi) is 26.0. The zero-order valence-electron chi connectivity index (χ0n) is 19.5. The van der Waals surface area contributed by atoms with Gasteiger partial charge in [0.05, 0.1) is 10.1 Å². The van der Waals surface area contributed by atoms with Crippen molar-refractivity contribution in [2.75, 3.05) is 6.61 Å². The van der Waals surface area contributed by atoms with Crippen LogP contribution in [0.15, 0.2) is 0 Å². The summed E-state index contributed by atoms with van der Waals surface area (Å²) in [5.74, 6) is 0. The molecule has 0 aromatic heterocycles. The Morgan fingerprint density at radius 3 is 1.24 bits per heavy atom. The number of rotatable bonds is 22. The number of aliphatic hydroxyl groups excluding tert-OH is 1. The number of unbranched alkanes of at least 4 members (excludes halogenated alkanes) is 16. The van der Waals surface area contributed by atoms with Gasteiger partial charge in [-0.2, -0.15) is 0 Å². The standard InChI is InChI=1S/C23H48O4S.Na/c1-2-3-4-5-6-7-8-9-10-11-12-13-14-15-16-17-20-23(28(25,26)27)21-18-19-22-24;/h23-24H,2-22H2,1H3,(H,25,26,27);/q;+1/p-1. The molecule has 0 heterocycles. The summed E-state index contributed by atoms with van der Waals surface area (Å²) in [4.78, 5) is 0. The minimum Gasteiger partial charge on any atom is -0.748 e. The monoisotopic (exact) mass is 442 g/mol. The second-order valence-corrected chi connectivity index (χ2v) is 10.1. The van der Waals surface area contributed by atoms with Gasteiger partial charge in [-0.25, -0.2) is 8.42 Å². The van der Waals surface area contributed by atoms with Crippen molar-refractivity contribution in [3.63, 3.8) is 0 Å². The summed E-state index contributed by atoms with van der Waals surface area (Å²) in [6.07, 6.45) is 22.7.